The molecule has 0 radical (unpaired) electrons. The molecule has 0 saturated carbocycles. The summed E-state index contributed by atoms with van der Waals surface area (Å²) in [6, 6.07) is 12.0. The minimum Gasteiger partial charge on any atom is -0.254 e. The molecule has 0 aliphatic heterocycles. The monoisotopic (exact) mass is 290 g/mol. The fourth-order valence-corrected chi connectivity index (χ4v) is 2.99. The Bertz CT molecular complexity index is 634. The zero-order chi connectivity index (χ0) is 11.0. The van der Waals surface area contributed by atoms with Crippen LogP contribution >= 0.6 is 27.3 Å². The Kier molecular flexibility index (Phi) is 2.46. The molecule has 0 spiro atoms. The lowest BCUT2D eigenvalue weighted by molar-refractivity contribution is 1.31. The summed E-state index contributed by atoms with van der Waals surface area (Å²) >= 11 is 5.12. The van der Waals surface area contributed by atoms with Crippen molar-refractivity contribution >= 4 is 37.5 Å². The Morgan fingerprint density at radius 1 is 1.12 bits per heavy atom. The van der Waals surface area contributed by atoms with E-state index in [0.717, 1.165) is 20.7 Å². The Labute approximate surface area is 105 Å². The molecular weight excluding hydrogens is 284 g/mol. The molecule has 1 aromatic carbocycles. The van der Waals surface area contributed by atoms with Crippen molar-refractivity contribution in [3.05, 3.63) is 47.1 Å². The van der Waals surface area contributed by atoms with E-state index >= 15 is 0 Å². The summed E-state index contributed by atoms with van der Waals surface area (Å²) in [6.45, 7) is 0. The Morgan fingerprint density at radius 3 is 2.88 bits per heavy atom. The molecule has 0 N–H and O–H groups in total. The van der Waals surface area contributed by atoms with Crippen LogP contribution in [0.1, 0.15) is 0 Å². The van der Waals surface area contributed by atoms with Gasteiger partial charge in [0.2, 0.25) is 0 Å². The van der Waals surface area contributed by atoms with Gasteiger partial charge in [0.1, 0.15) is 5.01 Å². The smallest absolute Gasteiger partial charge is 0.143 e. The van der Waals surface area contributed by atoms with Crippen LogP contribution < -0.4 is 0 Å². The Morgan fingerprint density at radius 2 is 2.06 bits per heavy atom. The van der Waals surface area contributed by atoms with E-state index in [0.29, 0.717) is 0 Å². The third-order valence-electron chi connectivity index (χ3n) is 2.23. The van der Waals surface area contributed by atoms with Gasteiger partial charge < -0.3 is 0 Å². The van der Waals surface area contributed by atoms with Crippen LogP contribution in [0.25, 0.3) is 20.9 Å². The van der Waals surface area contributed by atoms with E-state index < -0.39 is 0 Å². The van der Waals surface area contributed by atoms with Crippen molar-refractivity contribution < 1.29 is 0 Å². The van der Waals surface area contributed by atoms with Gasteiger partial charge in [-0.05, 0) is 30.3 Å². The van der Waals surface area contributed by atoms with Gasteiger partial charge >= 0.3 is 0 Å². The number of pyridine rings is 1. The summed E-state index contributed by atoms with van der Waals surface area (Å²) in [7, 11) is 0. The third kappa shape index (κ3) is 1.74. The molecule has 16 heavy (non-hydrogen) atoms. The van der Waals surface area contributed by atoms with Gasteiger partial charge in [0.15, 0.2) is 0 Å². The molecule has 0 saturated heterocycles. The van der Waals surface area contributed by atoms with Gasteiger partial charge in [0, 0.05) is 10.7 Å². The fraction of sp³-hybridized carbons (Fsp3) is 0. The number of benzene rings is 1. The fourth-order valence-electron chi connectivity index (χ4n) is 1.50. The predicted molar refractivity (Wildman–Crippen MR) is 70.6 cm³/mol. The van der Waals surface area contributed by atoms with Crippen LogP contribution in [0.3, 0.4) is 0 Å². The lowest BCUT2D eigenvalue weighted by atomic mass is 10.3. The summed E-state index contributed by atoms with van der Waals surface area (Å²) in [5.74, 6) is 0. The van der Waals surface area contributed by atoms with Gasteiger partial charge in [0.05, 0.1) is 15.9 Å². The lowest BCUT2D eigenvalue weighted by Gasteiger charge is -1.91. The highest BCUT2D eigenvalue weighted by molar-refractivity contribution is 9.10. The van der Waals surface area contributed by atoms with E-state index in [1.807, 2.05) is 30.3 Å². The maximum Gasteiger partial charge on any atom is 0.143 e. The van der Waals surface area contributed by atoms with Gasteiger partial charge in [-0.1, -0.05) is 22.0 Å². The van der Waals surface area contributed by atoms with Crippen molar-refractivity contribution in [3.8, 4) is 10.7 Å². The highest BCUT2D eigenvalue weighted by atomic mass is 79.9. The minimum atomic E-state index is 0.930. The van der Waals surface area contributed by atoms with E-state index in [-0.39, 0.29) is 0 Å². The number of hydrogen-bond donors (Lipinski definition) is 0. The molecule has 0 bridgehead atoms. The first-order chi connectivity index (χ1) is 7.83. The second kappa shape index (κ2) is 3.96. The highest BCUT2D eigenvalue weighted by Gasteiger charge is 2.06. The van der Waals surface area contributed by atoms with Gasteiger partial charge in [0.25, 0.3) is 0 Å². The van der Waals surface area contributed by atoms with Gasteiger partial charge in [-0.2, -0.15) is 0 Å². The van der Waals surface area contributed by atoms with Crippen molar-refractivity contribution in [1.29, 1.82) is 0 Å². The first-order valence-electron chi connectivity index (χ1n) is 4.80. The first-order valence-corrected chi connectivity index (χ1v) is 6.41. The molecule has 3 rings (SSSR count). The molecule has 78 valence electrons. The van der Waals surface area contributed by atoms with Crippen LogP contribution in [0.2, 0.25) is 0 Å². The summed E-state index contributed by atoms with van der Waals surface area (Å²) in [4.78, 5) is 8.86. The van der Waals surface area contributed by atoms with E-state index in [9.17, 15) is 0 Å². The number of fused-ring (bicyclic) bond motifs is 1. The summed E-state index contributed by atoms with van der Waals surface area (Å²) < 4.78 is 2.26. The standard InChI is InChI=1S/C12H7BrN2S/c13-8-4-5-9-11(7-8)16-12(15-9)10-3-1-2-6-14-10/h1-7H. The summed E-state index contributed by atoms with van der Waals surface area (Å²) in [5.41, 5.74) is 1.95. The van der Waals surface area contributed by atoms with Crippen LogP contribution in [-0.2, 0) is 0 Å². The number of nitrogens with zero attached hydrogens (tertiary/aromatic N) is 2. The van der Waals surface area contributed by atoms with E-state index in [1.165, 1.54) is 4.70 Å². The Hall–Kier alpha value is -1.26. The van der Waals surface area contributed by atoms with Crippen LogP contribution in [0, 0.1) is 0 Å². The highest BCUT2D eigenvalue weighted by Crippen LogP contribution is 2.30. The number of aromatic nitrogens is 2. The molecule has 4 heteroatoms. The molecule has 0 atom stereocenters. The molecule has 0 fully saturated rings. The van der Waals surface area contributed by atoms with Gasteiger partial charge in [-0.15, -0.1) is 11.3 Å². The first kappa shape index (κ1) is 9.93. The van der Waals surface area contributed by atoms with Crippen LogP contribution in [-0.4, -0.2) is 9.97 Å². The zero-order valence-electron chi connectivity index (χ0n) is 8.22. The van der Waals surface area contributed by atoms with Crippen molar-refractivity contribution in [1.82, 2.24) is 9.97 Å². The number of halogens is 1. The quantitative estimate of drug-likeness (QED) is 0.674. The van der Waals surface area contributed by atoms with Gasteiger partial charge in [-0.3, -0.25) is 4.98 Å². The normalized spacial score (nSPS) is 10.8. The van der Waals surface area contributed by atoms with Crippen LogP contribution in [0.15, 0.2) is 47.1 Å². The van der Waals surface area contributed by atoms with E-state index in [1.54, 1.807) is 17.5 Å². The maximum atomic E-state index is 4.56. The van der Waals surface area contributed by atoms with Crippen molar-refractivity contribution in [2.45, 2.75) is 0 Å². The van der Waals surface area contributed by atoms with Gasteiger partial charge in [-0.25, -0.2) is 4.98 Å². The van der Waals surface area contributed by atoms with Crippen molar-refractivity contribution in [2.24, 2.45) is 0 Å². The molecule has 3 aromatic rings. The van der Waals surface area contributed by atoms with Crippen LogP contribution in [0.5, 0.6) is 0 Å². The molecule has 0 aliphatic rings. The lowest BCUT2D eigenvalue weighted by Crippen LogP contribution is -1.78. The molecule has 0 amide bonds. The summed E-state index contributed by atoms with van der Waals surface area (Å²) in [5, 5.41) is 0.966. The van der Waals surface area contributed by atoms with Crippen molar-refractivity contribution in [3.63, 3.8) is 0 Å². The third-order valence-corrected chi connectivity index (χ3v) is 3.77. The minimum absolute atomic E-state index is 0.930. The molecule has 2 heterocycles. The summed E-state index contributed by atoms with van der Waals surface area (Å²) in [6.07, 6.45) is 1.79. The Balaban J connectivity index is 2.19. The van der Waals surface area contributed by atoms with Crippen LogP contribution in [0.4, 0.5) is 0 Å². The van der Waals surface area contributed by atoms with E-state index in [2.05, 4.69) is 32.0 Å². The number of hydrogen-bond acceptors (Lipinski definition) is 3. The number of rotatable bonds is 1. The van der Waals surface area contributed by atoms with Crippen molar-refractivity contribution in [2.75, 3.05) is 0 Å². The maximum absolute atomic E-state index is 4.56. The molecule has 0 unspecified atom stereocenters. The molecule has 0 aliphatic carbocycles. The topological polar surface area (TPSA) is 25.8 Å². The second-order valence-corrected chi connectivity index (χ2v) is 5.29. The predicted octanol–water partition coefficient (Wildman–Crippen LogP) is 4.12. The second-order valence-electron chi connectivity index (χ2n) is 3.35. The molecule has 2 nitrogen and oxygen atoms in total. The largest absolute Gasteiger partial charge is 0.254 e. The molecule has 2 aromatic heterocycles. The van der Waals surface area contributed by atoms with E-state index in [4.69, 9.17) is 0 Å². The SMILES string of the molecule is Brc1ccc2nc(-c3ccccn3)sc2c1. The average Bonchev–Trinajstić information content (AvgIpc) is 2.73. The zero-order valence-corrected chi connectivity index (χ0v) is 10.6. The average molecular weight is 291 g/mol. The number of thiazole rings is 1. The molecular formula is C12H7BrN2S.